The number of rotatable bonds is 7. The smallest absolute Gasteiger partial charge is 0.230 e. The molecule has 1 heterocycles. The average molecular weight is 383 g/mol. The third kappa shape index (κ3) is 4.72. The summed E-state index contributed by atoms with van der Waals surface area (Å²) in [4.78, 5) is 13.2. The number of hydrogen-bond acceptors (Lipinski definition) is 4. The minimum Gasteiger partial charge on any atom is -0.497 e. The SMILES string of the molecule is COc1ccc(C[C@](C)(O)CNC(=O)C2(c3ccccc3)CCOCC2)cc1. The second-order valence-corrected chi connectivity index (χ2v) is 7.76. The molecule has 0 saturated carbocycles. The number of ether oxygens (including phenoxy) is 2. The van der Waals surface area contributed by atoms with Gasteiger partial charge < -0.3 is 19.9 Å². The summed E-state index contributed by atoms with van der Waals surface area (Å²) >= 11 is 0. The highest BCUT2D eigenvalue weighted by molar-refractivity contribution is 5.88. The molecule has 0 unspecified atom stereocenters. The number of benzene rings is 2. The highest BCUT2D eigenvalue weighted by Crippen LogP contribution is 2.35. The molecule has 0 radical (unpaired) electrons. The highest BCUT2D eigenvalue weighted by atomic mass is 16.5. The van der Waals surface area contributed by atoms with Gasteiger partial charge in [0, 0.05) is 26.2 Å². The molecule has 0 spiro atoms. The molecule has 0 aliphatic carbocycles. The molecular weight excluding hydrogens is 354 g/mol. The third-order valence-corrected chi connectivity index (χ3v) is 5.48. The van der Waals surface area contributed by atoms with Crippen molar-refractivity contribution in [2.24, 2.45) is 0 Å². The lowest BCUT2D eigenvalue weighted by molar-refractivity contribution is -0.131. The number of amides is 1. The molecule has 2 aromatic carbocycles. The summed E-state index contributed by atoms with van der Waals surface area (Å²) in [6.07, 6.45) is 1.73. The Balaban J connectivity index is 1.67. The number of carbonyl (C=O) groups is 1. The zero-order valence-corrected chi connectivity index (χ0v) is 16.6. The van der Waals surface area contributed by atoms with Gasteiger partial charge in [-0.05, 0) is 43.0 Å². The quantitative estimate of drug-likeness (QED) is 0.772. The van der Waals surface area contributed by atoms with Crippen LogP contribution in [0.2, 0.25) is 0 Å². The van der Waals surface area contributed by atoms with Crippen LogP contribution in [0.25, 0.3) is 0 Å². The zero-order chi connectivity index (χ0) is 20.0. The number of aliphatic hydroxyl groups is 1. The van der Waals surface area contributed by atoms with Crippen LogP contribution in [0, 0.1) is 0 Å². The van der Waals surface area contributed by atoms with Gasteiger partial charge >= 0.3 is 0 Å². The summed E-state index contributed by atoms with van der Waals surface area (Å²) < 4.78 is 10.7. The van der Waals surface area contributed by atoms with Gasteiger partial charge in [0.25, 0.3) is 0 Å². The van der Waals surface area contributed by atoms with Crippen molar-refractivity contribution in [3.05, 3.63) is 65.7 Å². The van der Waals surface area contributed by atoms with E-state index in [0.29, 0.717) is 32.5 Å². The van der Waals surface area contributed by atoms with Crippen molar-refractivity contribution in [1.29, 1.82) is 0 Å². The van der Waals surface area contributed by atoms with Gasteiger partial charge in [-0.3, -0.25) is 4.79 Å². The van der Waals surface area contributed by atoms with E-state index in [2.05, 4.69) is 5.32 Å². The number of carbonyl (C=O) groups excluding carboxylic acids is 1. The second-order valence-electron chi connectivity index (χ2n) is 7.76. The van der Waals surface area contributed by atoms with E-state index in [1.807, 2.05) is 54.6 Å². The fourth-order valence-corrected chi connectivity index (χ4v) is 3.81. The third-order valence-electron chi connectivity index (χ3n) is 5.48. The summed E-state index contributed by atoms with van der Waals surface area (Å²) in [5, 5.41) is 13.8. The molecule has 3 rings (SSSR count). The van der Waals surface area contributed by atoms with Crippen LogP contribution >= 0.6 is 0 Å². The number of hydrogen-bond donors (Lipinski definition) is 2. The minimum absolute atomic E-state index is 0.0444. The molecular formula is C23H29NO4. The number of nitrogens with one attached hydrogen (secondary N) is 1. The Morgan fingerprint density at radius 2 is 1.79 bits per heavy atom. The van der Waals surface area contributed by atoms with Crippen molar-refractivity contribution >= 4 is 5.91 Å². The van der Waals surface area contributed by atoms with Crippen LogP contribution in [0.4, 0.5) is 0 Å². The van der Waals surface area contributed by atoms with Crippen LogP contribution in [0.3, 0.4) is 0 Å². The Labute approximate surface area is 166 Å². The van der Waals surface area contributed by atoms with E-state index in [-0.39, 0.29) is 12.5 Å². The lowest BCUT2D eigenvalue weighted by atomic mass is 9.73. The Morgan fingerprint density at radius 3 is 2.39 bits per heavy atom. The van der Waals surface area contributed by atoms with E-state index in [0.717, 1.165) is 16.9 Å². The summed E-state index contributed by atoms with van der Waals surface area (Å²) in [7, 11) is 1.62. The molecule has 150 valence electrons. The molecule has 1 saturated heterocycles. The fraction of sp³-hybridized carbons (Fsp3) is 0.435. The van der Waals surface area contributed by atoms with Gasteiger partial charge in [0.1, 0.15) is 5.75 Å². The zero-order valence-electron chi connectivity index (χ0n) is 16.6. The predicted octanol–water partition coefficient (Wildman–Crippen LogP) is 2.85. The lowest BCUT2D eigenvalue weighted by Crippen LogP contribution is -2.52. The Bertz CT molecular complexity index is 765. The highest BCUT2D eigenvalue weighted by Gasteiger charge is 2.42. The molecule has 5 heteroatoms. The molecule has 1 amide bonds. The maximum absolute atomic E-state index is 13.2. The molecule has 1 aliphatic rings. The molecule has 0 bridgehead atoms. The van der Waals surface area contributed by atoms with E-state index in [1.54, 1.807) is 14.0 Å². The minimum atomic E-state index is -1.05. The van der Waals surface area contributed by atoms with E-state index in [4.69, 9.17) is 9.47 Å². The molecule has 5 nitrogen and oxygen atoms in total. The van der Waals surface area contributed by atoms with Crippen molar-refractivity contribution in [3.8, 4) is 5.75 Å². The van der Waals surface area contributed by atoms with Gasteiger partial charge in [-0.15, -0.1) is 0 Å². The van der Waals surface area contributed by atoms with Crippen molar-refractivity contribution < 1.29 is 19.4 Å². The molecule has 2 aromatic rings. The first-order valence-electron chi connectivity index (χ1n) is 9.72. The first-order valence-corrected chi connectivity index (χ1v) is 9.72. The van der Waals surface area contributed by atoms with Crippen LogP contribution in [-0.4, -0.2) is 43.5 Å². The first-order chi connectivity index (χ1) is 13.5. The fourth-order valence-electron chi connectivity index (χ4n) is 3.81. The van der Waals surface area contributed by atoms with E-state index in [9.17, 15) is 9.90 Å². The van der Waals surface area contributed by atoms with Crippen LogP contribution < -0.4 is 10.1 Å². The van der Waals surface area contributed by atoms with E-state index in [1.165, 1.54) is 0 Å². The van der Waals surface area contributed by atoms with Gasteiger partial charge in [0.15, 0.2) is 0 Å². The lowest BCUT2D eigenvalue weighted by Gasteiger charge is -2.37. The summed E-state index contributed by atoms with van der Waals surface area (Å²) in [5.41, 5.74) is 0.345. The maximum Gasteiger partial charge on any atom is 0.230 e. The first kappa shape index (κ1) is 20.4. The van der Waals surface area contributed by atoms with Crippen LogP contribution in [-0.2, 0) is 21.4 Å². The van der Waals surface area contributed by atoms with Crippen LogP contribution in [0.15, 0.2) is 54.6 Å². The summed E-state index contributed by atoms with van der Waals surface area (Å²) in [6.45, 7) is 3.05. The summed E-state index contributed by atoms with van der Waals surface area (Å²) in [5.74, 6) is 0.734. The van der Waals surface area contributed by atoms with Crippen LogP contribution in [0.5, 0.6) is 5.75 Å². The van der Waals surface area contributed by atoms with Gasteiger partial charge in [-0.25, -0.2) is 0 Å². The molecule has 28 heavy (non-hydrogen) atoms. The van der Waals surface area contributed by atoms with Gasteiger partial charge in [-0.1, -0.05) is 42.5 Å². The molecule has 1 aliphatic heterocycles. The number of methoxy groups -OCH3 is 1. The predicted molar refractivity (Wildman–Crippen MR) is 109 cm³/mol. The standard InChI is InChI=1S/C23H29NO4/c1-22(26,16-18-8-10-20(27-2)11-9-18)17-24-21(25)23(12-14-28-15-13-23)19-6-4-3-5-7-19/h3-11,26H,12-17H2,1-2H3,(H,24,25)/t22-/m0/s1. The van der Waals surface area contributed by atoms with Crippen LogP contribution in [0.1, 0.15) is 30.9 Å². The second kappa shape index (κ2) is 8.76. The van der Waals surface area contributed by atoms with Crippen molar-refractivity contribution in [2.45, 2.75) is 37.2 Å². The Morgan fingerprint density at radius 1 is 1.14 bits per heavy atom. The molecule has 1 atom stereocenters. The van der Waals surface area contributed by atoms with Gasteiger partial charge in [0.05, 0.1) is 18.1 Å². The molecule has 1 fully saturated rings. The normalized spacial score (nSPS) is 18.1. The summed E-state index contributed by atoms with van der Waals surface area (Å²) in [6, 6.07) is 17.5. The monoisotopic (exact) mass is 383 g/mol. The van der Waals surface area contributed by atoms with Crippen molar-refractivity contribution in [1.82, 2.24) is 5.32 Å². The molecule has 2 N–H and O–H groups in total. The topological polar surface area (TPSA) is 67.8 Å². The average Bonchev–Trinajstić information content (AvgIpc) is 2.73. The largest absolute Gasteiger partial charge is 0.497 e. The van der Waals surface area contributed by atoms with Gasteiger partial charge in [-0.2, -0.15) is 0 Å². The van der Waals surface area contributed by atoms with E-state index >= 15 is 0 Å². The maximum atomic E-state index is 13.2. The van der Waals surface area contributed by atoms with Gasteiger partial charge in [0.2, 0.25) is 5.91 Å². The van der Waals surface area contributed by atoms with Crippen molar-refractivity contribution in [2.75, 3.05) is 26.9 Å². The molecule has 0 aromatic heterocycles. The Hall–Kier alpha value is -2.37. The Kier molecular flexibility index (Phi) is 6.37. The van der Waals surface area contributed by atoms with E-state index < -0.39 is 11.0 Å². The van der Waals surface area contributed by atoms with Crippen molar-refractivity contribution in [3.63, 3.8) is 0 Å².